The summed E-state index contributed by atoms with van der Waals surface area (Å²) in [5.41, 5.74) is 0.207. The third-order valence-corrected chi connectivity index (χ3v) is 2.62. The lowest BCUT2D eigenvalue weighted by Gasteiger charge is -2.07. The lowest BCUT2D eigenvalue weighted by molar-refractivity contribution is -0.141. The summed E-state index contributed by atoms with van der Waals surface area (Å²) in [6.07, 6.45) is -4.48. The predicted octanol–water partition coefficient (Wildman–Crippen LogP) is 2.43. The highest BCUT2D eigenvalue weighted by Crippen LogP contribution is 2.31. The Morgan fingerprint density at radius 2 is 1.89 bits per heavy atom. The van der Waals surface area contributed by atoms with Crippen molar-refractivity contribution in [2.45, 2.75) is 12.8 Å². The summed E-state index contributed by atoms with van der Waals surface area (Å²) < 4.78 is 39.0. The molecular formula is C12H12F3N3O. The molecule has 2 N–H and O–H groups in total. The van der Waals surface area contributed by atoms with Crippen LogP contribution in [0.25, 0.3) is 5.69 Å². The number of benzene rings is 1. The molecule has 0 unspecified atom stereocenters. The molecule has 1 aromatic carbocycles. The molecule has 1 aromatic heterocycles. The Bertz CT molecular complexity index is 561. The lowest BCUT2D eigenvalue weighted by atomic mass is 10.2. The van der Waals surface area contributed by atoms with Gasteiger partial charge in [-0.05, 0) is 17.7 Å². The molecule has 0 bridgehead atoms. The highest BCUT2D eigenvalue weighted by molar-refractivity contribution is 5.46. The van der Waals surface area contributed by atoms with E-state index in [1.165, 1.54) is 11.7 Å². The van der Waals surface area contributed by atoms with Crippen LogP contribution in [0.15, 0.2) is 30.3 Å². The Labute approximate surface area is 107 Å². The molecule has 0 spiro atoms. The van der Waals surface area contributed by atoms with Crippen molar-refractivity contribution >= 4 is 5.82 Å². The minimum absolute atomic E-state index is 0.119. The van der Waals surface area contributed by atoms with E-state index in [2.05, 4.69) is 10.4 Å². The van der Waals surface area contributed by atoms with Gasteiger partial charge in [0.1, 0.15) is 5.82 Å². The Morgan fingerprint density at radius 1 is 1.26 bits per heavy atom. The number of hydrogen-bond donors (Lipinski definition) is 2. The second-order valence-electron chi connectivity index (χ2n) is 3.90. The summed E-state index contributed by atoms with van der Waals surface area (Å²) in [7, 11) is 1.52. The Morgan fingerprint density at radius 3 is 2.37 bits per heavy atom. The standard InChI is InChI=1S/C12H12F3N3O/c1-16-11-6-10(12(13,14)15)17-18(11)9-4-2-8(7-19)3-5-9/h2-6,16,19H,7H2,1H3. The maximum atomic E-state index is 12.6. The van der Waals surface area contributed by atoms with Crippen LogP contribution >= 0.6 is 0 Å². The summed E-state index contributed by atoms with van der Waals surface area (Å²) in [5.74, 6) is 0.240. The van der Waals surface area contributed by atoms with Gasteiger partial charge in [0, 0.05) is 13.1 Å². The van der Waals surface area contributed by atoms with E-state index >= 15 is 0 Å². The number of aliphatic hydroxyl groups excluding tert-OH is 1. The van der Waals surface area contributed by atoms with Gasteiger partial charge in [-0.15, -0.1) is 0 Å². The molecule has 4 nitrogen and oxygen atoms in total. The van der Waals surface area contributed by atoms with E-state index in [0.717, 1.165) is 6.07 Å². The van der Waals surface area contributed by atoms with Crippen molar-refractivity contribution < 1.29 is 18.3 Å². The van der Waals surface area contributed by atoms with Crippen LogP contribution in [-0.4, -0.2) is 21.9 Å². The maximum Gasteiger partial charge on any atom is 0.435 e. The van der Waals surface area contributed by atoms with Crippen LogP contribution < -0.4 is 5.32 Å². The Hall–Kier alpha value is -2.02. The first-order valence-corrected chi connectivity index (χ1v) is 5.51. The predicted molar refractivity (Wildman–Crippen MR) is 64.0 cm³/mol. The number of alkyl halides is 3. The Kier molecular flexibility index (Phi) is 3.48. The SMILES string of the molecule is CNc1cc(C(F)(F)F)nn1-c1ccc(CO)cc1. The molecule has 0 amide bonds. The molecular weight excluding hydrogens is 259 g/mol. The average Bonchev–Trinajstić information content (AvgIpc) is 2.83. The molecule has 2 rings (SSSR count). The molecule has 0 radical (unpaired) electrons. The molecule has 19 heavy (non-hydrogen) atoms. The van der Waals surface area contributed by atoms with Crippen LogP contribution in [0.5, 0.6) is 0 Å². The molecule has 0 aliphatic heterocycles. The van der Waals surface area contributed by atoms with Gasteiger partial charge in [0.05, 0.1) is 12.3 Å². The molecule has 0 aliphatic carbocycles. The summed E-state index contributed by atoms with van der Waals surface area (Å²) >= 11 is 0. The van der Waals surface area contributed by atoms with Gasteiger partial charge in [0.2, 0.25) is 0 Å². The number of anilines is 1. The van der Waals surface area contributed by atoms with Crippen molar-refractivity contribution in [2.75, 3.05) is 12.4 Å². The van der Waals surface area contributed by atoms with Gasteiger partial charge in [-0.3, -0.25) is 0 Å². The van der Waals surface area contributed by atoms with Gasteiger partial charge < -0.3 is 10.4 Å². The van der Waals surface area contributed by atoms with E-state index in [0.29, 0.717) is 11.3 Å². The van der Waals surface area contributed by atoms with Gasteiger partial charge in [-0.2, -0.15) is 18.3 Å². The molecule has 102 valence electrons. The number of nitrogens with one attached hydrogen (secondary N) is 1. The highest BCUT2D eigenvalue weighted by Gasteiger charge is 2.35. The number of aromatic nitrogens is 2. The van der Waals surface area contributed by atoms with Crippen LogP contribution in [0.3, 0.4) is 0 Å². The summed E-state index contributed by atoms with van der Waals surface area (Å²) in [6.45, 7) is -0.119. The zero-order valence-corrected chi connectivity index (χ0v) is 10.1. The zero-order valence-electron chi connectivity index (χ0n) is 10.1. The number of aliphatic hydroxyl groups is 1. The van der Waals surface area contributed by atoms with Crippen molar-refractivity contribution in [3.8, 4) is 5.69 Å². The van der Waals surface area contributed by atoms with Gasteiger partial charge in [-0.1, -0.05) is 12.1 Å². The van der Waals surface area contributed by atoms with Crippen molar-refractivity contribution in [1.29, 1.82) is 0 Å². The third kappa shape index (κ3) is 2.70. The molecule has 7 heteroatoms. The first-order chi connectivity index (χ1) is 8.95. The highest BCUT2D eigenvalue weighted by atomic mass is 19.4. The van der Waals surface area contributed by atoms with E-state index in [1.807, 2.05) is 0 Å². The van der Waals surface area contributed by atoms with Crippen LogP contribution in [-0.2, 0) is 12.8 Å². The van der Waals surface area contributed by atoms with Crippen molar-refractivity contribution in [1.82, 2.24) is 9.78 Å². The lowest BCUT2D eigenvalue weighted by Crippen LogP contribution is -2.07. The Balaban J connectivity index is 2.45. The fourth-order valence-electron chi connectivity index (χ4n) is 1.64. The topological polar surface area (TPSA) is 50.1 Å². The van der Waals surface area contributed by atoms with E-state index in [4.69, 9.17) is 5.11 Å². The molecule has 0 aliphatic rings. The number of halogens is 3. The van der Waals surface area contributed by atoms with E-state index < -0.39 is 11.9 Å². The first-order valence-electron chi connectivity index (χ1n) is 5.51. The second kappa shape index (κ2) is 4.93. The van der Waals surface area contributed by atoms with Crippen molar-refractivity contribution in [3.05, 3.63) is 41.6 Å². The summed E-state index contributed by atoms with van der Waals surface area (Å²) in [5, 5.41) is 15.1. The quantitative estimate of drug-likeness (QED) is 0.901. The molecule has 1 heterocycles. The van der Waals surface area contributed by atoms with E-state index in [-0.39, 0.29) is 12.4 Å². The fourth-order valence-corrected chi connectivity index (χ4v) is 1.64. The minimum Gasteiger partial charge on any atom is -0.392 e. The number of hydrogen-bond acceptors (Lipinski definition) is 3. The summed E-state index contributed by atoms with van der Waals surface area (Å²) in [4.78, 5) is 0. The second-order valence-corrected chi connectivity index (χ2v) is 3.90. The molecule has 0 saturated carbocycles. The van der Waals surface area contributed by atoms with Crippen LogP contribution in [0.2, 0.25) is 0 Å². The van der Waals surface area contributed by atoms with E-state index in [9.17, 15) is 13.2 Å². The van der Waals surface area contributed by atoms with Gasteiger partial charge in [0.25, 0.3) is 0 Å². The van der Waals surface area contributed by atoms with Crippen molar-refractivity contribution in [2.24, 2.45) is 0 Å². The van der Waals surface area contributed by atoms with Gasteiger partial charge in [-0.25, -0.2) is 4.68 Å². The first kappa shape index (κ1) is 13.4. The average molecular weight is 271 g/mol. The molecule has 0 saturated heterocycles. The summed E-state index contributed by atoms with van der Waals surface area (Å²) in [6, 6.07) is 7.40. The minimum atomic E-state index is -4.48. The molecule has 0 atom stereocenters. The van der Waals surface area contributed by atoms with Gasteiger partial charge in [0.15, 0.2) is 5.69 Å². The largest absolute Gasteiger partial charge is 0.435 e. The fraction of sp³-hybridized carbons (Fsp3) is 0.250. The maximum absolute atomic E-state index is 12.6. The number of nitrogens with zero attached hydrogens (tertiary/aromatic N) is 2. The van der Waals surface area contributed by atoms with E-state index in [1.54, 1.807) is 24.3 Å². The monoisotopic (exact) mass is 271 g/mol. The van der Waals surface area contributed by atoms with Crippen LogP contribution in [0.1, 0.15) is 11.3 Å². The molecule has 0 fully saturated rings. The molecule has 2 aromatic rings. The van der Waals surface area contributed by atoms with Crippen LogP contribution in [0.4, 0.5) is 19.0 Å². The normalized spacial score (nSPS) is 11.6. The van der Waals surface area contributed by atoms with Gasteiger partial charge >= 0.3 is 6.18 Å². The third-order valence-electron chi connectivity index (χ3n) is 2.62. The van der Waals surface area contributed by atoms with Crippen LogP contribution in [0, 0.1) is 0 Å². The number of rotatable bonds is 3. The van der Waals surface area contributed by atoms with Crippen molar-refractivity contribution in [3.63, 3.8) is 0 Å². The smallest absolute Gasteiger partial charge is 0.392 e. The zero-order chi connectivity index (χ0) is 14.0.